The monoisotopic (exact) mass is 222 g/mol. The molecule has 0 radical (unpaired) electrons. The third-order valence-electron chi connectivity index (χ3n) is 3.38. The Morgan fingerprint density at radius 1 is 1.44 bits per heavy atom. The lowest BCUT2D eigenvalue weighted by atomic mass is 10.0. The Labute approximate surface area is 96.2 Å². The van der Waals surface area contributed by atoms with Crippen molar-refractivity contribution in [3.63, 3.8) is 0 Å². The van der Waals surface area contributed by atoms with Gasteiger partial charge in [-0.05, 0) is 37.8 Å². The molecule has 0 amide bonds. The molecule has 0 spiro atoms. The van der Waals surface area contributed by atoms with E-state index in [9.17, 15) is 4.39 Å². The predicted molar refractivity (Wildman–Crippen MR) is 65.0 cm³/mol. The number of hydrogen-bond donors (Lipinski definition) is 1. The smallest absolute Gasteiger partial charge is 0.146 e. The molecule has 0 aliphatic carbocycles. The van der Waals surface area contributed by atoms with Gasteiger partial charge in [0, 0.05) is 19.1 Å². The molecule has 1 aromatic carbocycles. The van der Waals surface area contributed by atoms with Gasteiger partial charge in [-0.1, -0.05) is 12.1 Å². The molecule has 88 valence electrons. The zero-order valence-corrected chi connectivity index (χ0v) is 9.75. The average molecular weight is 222 g/mol. The fourth-order valence-electron chi connectivity index (χ4n) is 2.48. The van der Waals surface area contributed by atoms with Crippen molar-refractivity contribution < 1.29 is 4.39 Å². The standard InChI is InChI=1S/C13H19FN2/c1-10-5-2-3-8-16(10)13-11(9-15)6-4-7-12(13)14/h4,6-7,10H,2-3,5,8-9,15H2,1H3. The average Bonchev–Trinajstić information content (AvgIpc) is 2.30. The third-order valence-corrected chi connectivity index (χ3v) is 3.38. The van der Waals surface area contributed by atoms with Gasteiger partial charge in [-0.3, -0.25) is 0 Å². The second-order valence-corrected chi connectivity index (χ2v) is 4.49. The van der Waals surface area contributed by atoms with Gasteiger partial charge in [0.25, 0.3) is 0 Å². The van der Waals surface area contributed by atoms with Crippen LogP contribution in [0, 0.1) is 5.82 Å². The molecule has 2 nitrogen and oxygen atoms in total. The van der Waals surface area contributed by atoms with E-state index in [1.54, 1.807) is 6.07 Å². The molecule has 1 atom stereocenters. The van der Waals surface area contributed by atoms with E-state index in [1.165, 1.54) is 12.5 Å². The summed E-state index contributed by atoms with van der Waals surface area (Å²) in [6.07, 6.45) is 3.52. The molecule has 2 rings (SSSR count). The van der Waals surface area contributed by atoms with E-state index in [4.69, 9.17) is 5.73 Å². The molecule has 2 N–H and O–H groups in total. The van der Waals surface area contributed by atoms with E-state index < -0.39 is 0 Å². The van der Waals surface area contributed by atoms with Crippen LogP contribution in [-0.2, 0) is 6.54 Å². The molecule has 0 bridgehead atoms. The fourth-order valence-corrected chi connectivity index (χ4v) is 2.48. The minimum Gasteiger partial charge on any atom is -0.366 e. The Hall–Kier alpha value is -1.09. The second kappa shape index (κ2) is 4.83. The first-order valence-corrected chi connectivity index (χ1v) is 5.98. The number of nitrogens with zero attached hydrogens (tertiary/aromatic N) is 1. The molecular formula is C13H19FN2. The molecule has 0 saturated carbocycles. The molecule has 1 aromatic rings. The van der Waals surface area contributed by atoms with Crippen molar-refractivity contribution in [1.29, 1.82) is 0 Å². The third kappa shape index (κ3) is 2.05. The molecule has 3 heteroatoms. The minimum atomic E-state index is -0.142. The summed E-state index contributed by atoms with van der Waals surface area (Å²) in [6, 6.07) is 5.58. The summed E-state index contributed by atoms with van der Waals surface area (Å²) in [5.41, 5.74) is 7.31. The summed E-state index contributed by atoms with van der Waals surface area (Å²) in [5.74, 6) is -0.142. The topological polar surface area (TPSA) is 29.3 Å². The van der Waals surface area contributed by atoms with Gasteiger partial charge in [0.05, 0.1) is 5.69 Å². The summed E-state index contributed by atoms with van der Waals surface area (Å²) < 4.78 is 13.9. The van der Waals surface area contributed by atoms with Crippen LogP contribution in [0.2, 0.25) is 0 Å². The first-order valence-electron chi connectivity index (χ1n) is 5.98. The number of hydrogen-bond acceptors (Lipinski definition) is 2. The quantitative estimate of drug-likeness (QED) is 0.833. The van der Waals surface area contributed by atoms with E-state index in [-0.39, 0.29) is 5.82 Å². The summed E-state index contributed by atoms with van der Waals surface area (Å²) in [4.78, 5) is 2.17. The van der Waals surface area contributed by atoms with Crippen LogP contribution >= 0.6 is 0 Å². The highest BCUT2D eigenvalue weighted by atomic mass is 19.1. The molecular weight excluding hydrogens is 203 g/mol. The van der Waals surface area contributed by atoms with Gasteiger partial charge >= 0.3 is 0 Å². The number of para-hydroxylation sites is 1. The van der Waals surface area contributed by atoms with Gasteiger partial charge in [-0.15, -0.1) is 0 Å². The SMILES string of the molecule is CC1CCCCN1c1c(F)cccc1CN. The fraction of sp³-hybridized carbons (Fsp3) is 0.538. The van der Waals surface area contributed by atoms with Gasteiger partial charge in [-0.2, -0.15) is 0 Å². The second-order valence-electron chi connectivity index (χ2n) is 4.49. The van der Waals surface area contributed by atoms with Crippen molar-refractivity contribution in [1.82, 2.24) is 0 Å². The highest BCUT2D eigenvalue weighted by Gasteiger charge is 2.22. The maximum atomic E-state index is 13.9. The van der Waals surface area contributed by atoms with Crippen LogP contribution in [-0.4, -0.2) is 12.6 Å². The van der Waals surface area contributed by atoms with Crippen molar-refractivity contribution in [3.8, 4) is 0 Å². The van der Waals surface area contributed by atoms with Crippen LogP contribution in [0.25, 0.3) is 0 Å². The number of benzene rings is 1. The number of halogens is 1. The van der Waals surface area contributed by atoms with Crippen LogP contribution < -0.4 is 10.6 Å². The Morgan fingerprint density at radius 3 is 2.94 bits per heavy atom. The lowest BCUT2D eigenvalue weighted by Gasteiger charge is -2.36. The zero-order valence-electron chi connectivity index (χ0n) is 9.75. The number of rotatable bonds is 2. The molecule has 1 unspecified atom stereocenters. The van der Waals surface area contributed by atoms with Crippen molar-refractivity contribution in [2.24, 2.45) is 5.73 Å². The number of anilines is 1. The first kappa shape index (κ1) is 11.4. The van der Waals surface area contributed by atoms with Gasteiger partial charge in [0.15, 0.2) is 0 Å². The van der Waals surface area contributed by atoms with Gasteiger partial charge in [0.2, 0.25) is 0 Å². The summed E-state index contributed by atoms with van der Waals surface area (Å²) in [7, 11) is 0. The maximum absolute atomic E-state index is 13.9. The van der Waals surface area contributed by atoms with Crippen molar-refractivity contribution in [2.45, 2.75) is 38.8 Å². The Morgan fingerprint density at radius 2 is 2.25 bits per heavy atom. The lowest BCUT2D eigenvalue weighted by molar-refractivity contribution is 0.474. The first-order chi connectivity index (χ1) is 7.74. The largest absolute Gasteiger partial charge is 0.366 e. The van der Waals surface area contributed by atoms with Crippen molar-refractivity contribution in [2.75, 3.05) is 11.4 Å². The summed E-state index contributed by atoms with van der Waals surface area (Å²) in [6.45, 7) is 3.50. The molecule has 16 heavy (non-hydrogen) atoms. The summed E-state index contributed by atoms with van der Waals surface area (Å²) in [5, 5.41) is 0. The van der Waals surface area contributed by atoms with Crippen LogP contribution in [0.15, 0.2) is 18.2 Å². The van der Waals surface area contributed by atoms with Crippen LogP contribution in [0.1, 0.15) is 31.7 Å². The lowest BCUT2D eigenvalue weighted by Crippen LogP contribution is -2.38. The molecule has 1 saturated heterocycles. The molecule has 1 aliphatic heterocycles. The zero-order chi connectivity index (χ0) is 11.5. The number of piperidine rings is 1. The molecule has 1 aliphatic rings. The number of nitrogens with two attached hydrogens (primary N) is 1. The van der Waals surface area contributed by atoms with E-state index in [0.717, 1.165) is 30.6 Å². The maximum Gasteiger partial charge on any atom is 0.146 e. The molecule has 1 fully saturated rings. The van der Waals surface area contributed by atoms with E-state index in [2.05, 4.69) is 11.8 Å². The molecule has 1 heterocycles. The van der Waals surface area contributed by atoms with E-state index in [0.29, 0.717) is 12.6 Å². The Bertz CT molecular complexity index is 365. The van der Waals surface area contributed by atoms with Crippen LogP contribution in [0.4, 0.5) is 10.1 Å². The Kier molecular flexibility index (Phi) is 3.44. The highest BCUT2D eigenvalue weighted by Crippen LogP contribution is 2.30. The minimum absolute atomic E-state index is 0.142. The Balaban J connectivity index is 2.37. The highest BCUT2D eigenvalue weighted by molar-refractivity contribution is 5.55. The summed E-state index contributed by atoms with van der Waals surface area (Å²) >= 11 is 0. The molecule has 0 aromatic heterocycles. The normalized spacial score (nSPS) is 21.2. The van der Waals surface area contributed by atoms with E-state index >= 15 is 0 Å². The van der Waals surface area contributed by atoms with Crippen molar-refractivity contribution in [3.05, 3.63) is 29.6 Å². The predicted octanol–water partition coefficient (Wildman–Crippen LogP) is 2.66. The van der Waals surface area contributed by atoms with Gasteiger partial charge < -0.3 is 10.6 Å². The van der Waals surface area contributed by atoms with Crippen molar-refractivity contribution >= 4 is 5.69 Å². The van der Waals surface area contributed by atoms with Crippen LogP contribution in [0.3, 0.4) is 0 Å². The van der Waals surface area contributed by atoms with E-state index in [1.807, 2.05) is 6.07 Å². The van der Waals surface area contributed by atoms with Gasteiger partial charge in [0.1, 0.15) is 5.82 Å². The van der Waals surface area contributed by atoms with Crippen LogP contribution in [0.5, 0.6) is 0 Å². The van der Waals surface area contributed by atoms with Gasteiger partial charge in [-0.25, -0.2) is 4.39 Å².